The molecule has 1 aromatic carbocycles. The first kappa shape index (κ1) is 16.8. The van der Waals surface area contributed by atoms with E-state index in [2.05, 4.69) is 25.2 Å². The van der Waals surface area contributed by atoms with E-state index < -0.39 is 0 Å². The van der Waals surface area contributed by atoms with E-state index in [-0.39, 0.29) is 5.41 Å². The molecule has 2 bridgehead atoms. The van der Waals surface area contributed by atoms with Crippen molar-refractivity contribution in [3.63, 3.8) is 0 Å². The van der Waals surface area contributed by atoms with Crippen LogP contribution in [0, 0.1) is 5.92 Å². The van der Waals surface area contributed by atoms with Crippen molar-refractivity contribution >= 4 is 0 Å². The first-order valence-electron chi connectivity index (χ1n) is 9.71. The highest BCUT2D eigenvalue weighted by Gasteiger charge is 2.45. The average molecular weight is 316 g/mol. The Morgan fingerprint density at radius 3 is 2.91 bits per heavy atom. The zero-order chi connectivity index (χ0) is 16.3. The quantitative estimate of drug-likeness (QED) is 0.755. The van der Waals surface area contributed by atoms with Crippen LogP contribution in [-0.4, -0.2) is 17.7 Å². The smallest absolute Gasteiger partial charge is 0.115 e. The Labute approximate surface area is 141 Å². The van der Waals surface area contributed by atoms with Gasteiger partial charge in [-0.3, -0.25) is 0 Å². The fraction of sp³-hybridized carbons (Fsp3) is 0.714. The van der Waals surface area contributed by atoms with Crippen LogP contribution in [0.25, 0.3) is 0 Å². The topological polar surface area (TPSA) is 32.3 Å². The Kier molecular flexibility index (Phi) is 5.31. The first-order chi connectivity index (χ1) is 11.1. The molecule has 2 aliphatic carbocycles. The third kappa shape index (κ3) is 3.42. The average Bonchev–Trinajstić information content (AvgIpc) is 2.53. The van der Waals surface area contributed by atoms with Gasteiger partial charge in [0.2, 0.25) is 0 Å². The van der Waals surface area contributed by atoms with Crippen molar-refractivity contribution in [1.29, 1.82) is 0 Å². The van der Waals surface area contributed by atoms with Gasteiger partial charge in [0.15, 0.2) is 0 Å². The third-order valence-corrected chi connectivity index (χ3v) is 6.26. The zero-order valence-electron chi connectivity index (χ0n) is 14.9. The number of unbranched alkanes of at least 4 members (excludes halogenated alkanes) is 2. The van der Waals surface area contributed by atoms with Gasteiger partial charge in [0, 0.05) is 11.5 Å². The van der Waals surface area contributed by atoms with E-state index in [1.807, 2.05) is 12.1 Å². The van der Waals surface area contributed by atoms with Gasteiger partial charge in [0.05, 0.1) is 0 Å². The lowest BCUT2D eigenvalue weighted by Gasteiger charge is -2.49. The van der Waals surface area contributed by atoms with Crippen LogP contribution in [0.4, 0.5) is 0 Å². The van der Waals surface area contributed by atoms with Crippen LogP contribution in [0.1, 0.15) is 76.3 Å². The fourth-order valence-corrected chi connectivity index (χ4v) is 5.02. The summed E-state index contributed by atoms with van der Waals surface area (Å²) in [6.45, 7) is 5.85. The van der Waals surface area contributed by atoms with Gasteiger partial charge in [-0.05, 0) is 61.4 Å². The molecule has 3 atom stereocenters. The van der Waals surface area contributed by atoms with Crippen LogP contribution in [-0.2, 0) is 11.8 Å². The van der Waals surface area contributed by atoms with E-state index in [0.717, 1.165) is 12.5 Å². The summed E-state index contributed by atoms with van der Waals surface area (Å²) in [7, 11) is 0. The van der Waals surface area contributed by atoms with Crippen molar-refractivity contribution in [3.8, 4) is 5.75 Å². The maximum Gasteiger partial charge on any atom is 0.115 e. The van der Waals surface area contributed by atoms with Crippen LogP contribution in [0.3, 0.4) is 0 Å². The largest absolute Gasteiger partial charge is 0.508 e. The molecular formula is C21H33NO. The van der Waals surface area contributed by atoms with E-state index in [1.54, 1.807) is 0 Å². The van der Waals surface area contributed by atoms with Gasteiger partial charge >= 0.3 is 0 Å². The lowest BCUT2D eigenvalue weighted by molar-refractivity contribution is 0.166. The Morgan fingerprint density at radius 1 is 1.22 bits per heavy atom. The van der Waals surface area contributed by atoms with Gasteiger partial charge in [-0.2, -0.15) is 0 Å². The highest BCUT2D eigenvalue weighted by molar-refractivity contribution is 5.44. The Bertz CT molecular complexity index is 527. The summed E-state index contributed by atoms with van der Waals surface area (Å²) in [4.78, 5) is 0. The van der Waals surface area contributed by atoms with Crippen molar-refractivity contribution in [3.05, 3.63) is 29.3 Å². The maximum atomic E-state index is 10.0. The van der Waals surface area contributed by atoms with Crippen LogP contribution in [0.2, 0.25) is 0 Å². The normalized spacial score (nSPS) is 30.3. The minimum absolute atomic E-state index is 0.170. The second-order valence-electron chi connectivity index (χ2n) is 7.96. The SMILES string of the molecule is CCCCCN[C@H]1[C@H]2CCCCC[C@]1(C)c1cc(O)ccc1C2. The molecule has 0 heterocycles. The van der Waals surface area contributed by atoms with Crippen LogP contribution >= 0.6 is 0 Å². The lowest BCUT2D eigenvalue weighted by atomic mass is 9.59. The van der Waals surface area contributed by atoms with Gasteiger partial charge in [-0.1, -0.05) is 52.0 Å². The molecule has 1 saturated carbocycles. The van der Waals surface area contributed by atoms with Gasteiger partial charge in [-0.25, -0.2) is 0 Å². The summed E-state index contributed by atoms with van der Waals surface area (Å²) in [6.07, 6.45) is 11.7. The Morgan fingerprint density at radius 2 is 2.09 bits per heavy atom. The number of phenols is 1. The molecule has 0 saturated heterocycles. The van der Waals surface area contributed by atoms with Crippen LogP contribution < -0.4 is 5.32 Å². The molecule has 1 fully saturated rings. The number of phenolic OH excluding ortho intramolecular Hbond substituents is 1. The van der Waals surface area contributed by atoms with E-state index in [1.165, 1.54) is 68.9 Å². The zero-order valence-corrected chi connectivity index (χ0v) is 14.9. The number of benzene rings is 1. The molecule has 0 unspecified atom stereocenters. The van der Waals surface area contributed by atoms with E-state index in [4.69, 9.17) is 0 Å². The minimum atomic E-state index is 0.170. The molecule has 128 valence electrons. The molecule has 2 N–H and O–H groups in total. The summed E-state index contributed by atoms with van der Waals surface area (Å²) < 4.78 is 0. The molecule has 2 nitrogen and oxygen atoms in total. The van der Waals surface area contributed by atoms with E-state index in [0.29, 0.717) is 11.8 Å². The van der Waals surface area contributed by atoms with Crippen molar-refractivity contribution in [2.45, 2.75) is 83.1 Å². The highest BCUT2D eigenvalue weighted by atomic mass is 16.3. The van der Waals surface area contributed by atoms with E-state index in [9.17, 15) is 5.11 Å². The number of hydrogen-bond acceptors (Lipinski definition) is 2. The molecular weight excluding hydrogens is 282 g/mol. The Balaban J connectivity index is 1.90. The second-order valence-corrected chi connectivity index (χ2v) is 7.96. The highest BCUT2D eigenvalue weighted by Crippen LogP contribution is 2.47. The first-order valence-corrected chi connectivity index (χ1v) is 9.71. The molecule has 0 aliphatic heterocycles. The monoisotopic (exact) mass is 315 g/mol. The molecule has 3 rings (SSSR count). The van der Waals surface area contributed by atoms with Gasteiger partial charge < -0.3 is 10.4 Å². The van der Waals surface area contributed by atoms with Crippen molar-refractivity contribution in [2.75, 3.05) is 6.54 Å². The number of aromatic hydroxyl groups is 1. The third-order valence-electron chi connectivity index (χ3n) is 6.26. The maximum absolute atomic E-state index is 10.0. The number of hydrogen-bond donors (Lipinski definition) is 2. The fourth-order valence-electron chi connectivity index (χ4n) is 5.02. The molecule has 2 heteroatoms. The molecule has 0 aromatic heterocycles. The molecule has 0 spiro atoms. The number of rotatable bonds is 5. The van der Waals surface area contributed by atoms with Gasteiger partial charge in [-0.15, -0.1) is 0 Å². The van der Waals surface area contributed by atoms with Gasteiger partial charge in [0.1, 0.15) is 5.75 Å². The summed E-state index contributed by atoms with van der Waals surface area (Å²) in [6, 6.07) is 6.66. The summed E-state index contributed by atoms with van der Waals surface area (Å²) in [5.41, 5.74) is 3.05. The molecule has 0 amide bonds. The molecule has 1 aromatic rings. The molecule has 23 heavy (non-hydrogen) atoms. The lowest BCUT2D eigenvalue weighted by Crippen LogP contribution is -2.55. The summed E-state index contributed by atoms with van der Waals surface area (Å²) in [5.74, 6) is 1.18. The summed E-state index contributed by atoms with van der Waals surface area (Å²) in [5, 5.41) is 14.0. The predicted octanol–water partition coefficient (Wildman–Crippen LogP) is 4.93. The second kappa shape index (κ2) is 7.25. The van der Waals surface area contributed by atoms with Crippen LogP contribution in [0.5, 0.6) is 5.75 Å². The van der Waals surface area contributed by atoms with Crippen molar-refractivity contribution in [2.24, 2.45) is 5.92 Å². The number of fused-ring (bicyclic) bond motifs is 4. The minimum Gasteiger partial charge on any atom is -0.508 e. The van der Waals surface area contributed by atoms with E-state index >= 15 is 0 Å². The molecule has 2 aliphatic rings. The van der Waals surface area contributed by atoms with Crippen molar-refractivity contribution < 1.29 is 5.11 Å². The van der Waals surface area contributed by atoms with Gasteiger partial charge in [0.25, 0.3) is 0 Å². The van der Waals surface area contributed by atoms with Crippen LogP contribution in [0.15, 0.2) is 18.2 Å². The summed E-state index contributed by atoms with van der Waals surface area (Å²) >= 11 is 0. The Hall–Kier alpha value is -1.02. The standard InChI is InChI=1S/C21H33NO/c1-3-4-8-13-22-20-17-9-6-5-7-12-21(20,2)19-15-18(23)11-10-16(19)14-17/h10-11,15,17,20,22-23H,3-9,12-14H2,1-2H3/t17-,20-,21+/m0/s1. The predicted molar refractivity (Wildman–Crippen MR) is 97.1 cm³/mol. The number of nitrogens with one attached hydrogen (secondary N) is 1. The van der Waals surface area contributed by atoms with Crippen molar-refractivity contribution in [1.82, 2.24) is 5.32 Å². The molecule has 0 radical (unpaired) electrons.